The van der Waals surface area contributed by atoms with Crippen LogP contribution in [0.3, 0.4) is 0 Å². The smallest absolute Gasteiger partial charge is 0.283 e. The molecule has 66 valence electrons. The minimum Gasteiger partial charge on any atom is -0.283 e. The van der Waals surface area contributed by atoms with Gasteiger partial charge in [-0.1, -0.05) is 0 Å². The van der Waals surface area contributed by atoms with Crippen LogP contribution in [0.5, 0.6) is 0 Å². The minimum atomic E-state index is -0.922. The Morgan fingerprint density at radius 3 is 2.69 bits per heavy atom. The zero-order chi connectivity index (χ0) is 9.42. The van der Waals surface area contributed by atoms with Crippen LogP contribution in [0, 0.1) is 0 Å². The average Bonchev–Trinajstić information content (AvgIpc) is 2.59. The van der Waals surface area contributed by atoms with Crippen LogP contribution in [-0.2, 0) is 4.79 Å². The van der Waals surface area contributed by atoms with E-state index in [1.807, 2.05) is 11.4 Å². The summed E-state index contributed by atoms with van der Waals surface area (Å²) in [5.41, 5.74) is 0. The van der Waals surface area contributed by atoms with E-state index >= 15 is 0 Å². The van der Waals surface area contributed by atoms with Gasteiger partial charge in [0.1, 0.15) is 0 Å². The van der Waals surface area contributed by atoms with Crippen molar-refractivity contribution in [3.8, 4) is 0 Å². The van der Waals surface area contributed by atoms with Gasteiger partial charge in [-0.15, -0.1) is 22.7 Å². The van der Waals surface area contributed by atoms with Crippen molar-refractivity contribution >= 4 is 54.7 Å². The summed E-state index contributed by atoms with van der Waals surface area (Å²) in [6, 6.07) is 3.62. The topological polar surface area (TPSA) is 34.1 Å². The van der Waals surface area contributed by atoms with E-state index in [0.29, 0.717) is 4.88 Å². The van der Waals surface area contributed by atoms with Crippen LogP contribution in [0.1, 0.15) is 9.67 Å². The van der Waals surface area contributed by atoms with E-state index in [9.17, 15) is 9.59 Å². The van der Waals surface area contributed by atoms with Crippen molar-refractivity contribution in [2.45, 2.75) is 0 Å². The third kappa shape index (κ3) is 1.52. The number of hydrogen-bond acceptors (Lipinski definition) is 4. The molecule has 0 spiro atoms. The lowest BCUT2D eigenvalue weighted by atomic mass is 10.3. The van der Waals surface area contributed by atoms with Gasteiger partial charge in [0.25, 0.3) is 11.0 Å². The Labute approximate surface area is 86.7 Å². The van der Waals surface area contributed by atoms with Crippen LogP contribution in [0.15, 0.2) is 17.5 Å². The van der Waals surface area contributed by atoms with Gasteiger partial charge in [-0.25, -0.2) is 0 Å². The van der Waals surface area contributed by atoms with Gasteiger partial charge in [0.05, 0.1) is 4.88 Å². The summed E-state index contributed by atoms with van der Waals surface area (Å²) >= 11 is 7.92. The van der Waals surface area contributed by atoms with Crippen LogP contribution in [0.2, 0.25) is 0 Å². The molecule has 0 saturated heterocycles. The molecule has 0 aliphatic rings. The highest BCUT2D eigenvalue weighted by atomic mass is 35.5. The van der Waals surface area contributed by atoms with Gasteiger partial charge >= 0.3 is 0 Å². The summed E-state index contributed by atoms with van der Waals surface area (Å²) in [4.78, 5) is 22.1. The maximum Gasteiger partial charge on any atom is 0.294 e. The summed E-state index contributed by atoms with van der Waals surface area (Å²) in [5, 5.41) is 1.02. The number of Topliss-reactive ketones (excluding diaryl/α,β-unsaturated/α-hetero) is 1. The van der Waals surface area contributed by atoms with E-state index in [4.69, 9.17) is 11.6 Å². The van der Waals surface area contributed by atoms with E-state index in [1.54, 1.807) is 17.4 Å². The fourth-order valence-electron chi connectivity index (χ4n) is 0.975. The van der Waals surface area contributed by atoms with Crippen molar-refractivity contribution in [2.75, 3.05) is 0 Å². The Balaban J connectivity index is 2.51. The van der Waals surface area contributed by atoms with Crippen molar-refractivity contribution in [1.82, 2.24) is 0 Å². The minimum absolute atomic E-state index is 0.418. The van der Waals surface area contributed by atoms with Gasteiger partial charge in [-0.3, -0.25) is 9.59 Å². The molecule has 0 aromatic carbocycles. The Morgan fingerprint density at radius 1 is 1.31 bits per heavy atom. The number of thiophene rings is 2. The lowest BCUT2D eigenvalue weighted by Crippen LogP contribution is -2.04. The second-order valence-electron chi connectivity index (χ2n) is 2.36. The maximum absolute atomic E-state index is 11.1. The van der Waals surface area contributed by atoms with Gasteiger partial charge < -0.3 is 0 Å². The predicted molar refractivity (Wildman–Crippen MR) is 54.9 cm³/mol. The number of fused-ring (bicyclic) bond motifs is 1. The van der Waals surface area contributed by atoms with Crippen molar-refractivity contribution in [2.24, 2.45) is 0 Å². The highest BCUT2D eigenvalue weighted by Crippen LogP contribution is 2.30. The average molecular weight is 231 g/mol. The molecular formula is C8H3ClO2S2. The maximum atomic E-state index is 11.1. The van der Waals surface area contributed by atoms with E-state index in [0.717, 1.165) is 9.40 Å². The monoisotopic (exact) mass is 230 g/mol. The fraction of sp³-hybridized carbons (Fsp3) is 0. The van der Waals surface area contributed by atoms with Gasteiger partial charge in [0.2, 0.25) is 0 Å². The van der Waals surface area contributed by atoms with Crippen molar-refractivity contribution < 1.29 is 9.59 Å². The van der Waals surface area contributed by atoms with Gasteiger partial charge in [-0.2, -0.15) is 0 Å². The van der Waals surface area contributed by atoms with Crippen LogP contribution >= 0.6 is 34.3 Å². The quantitative estimate of drug-likeness (QED) is 0.452. The van der Waals surface area contributed by atoms with Crippen molar-refractivity contribution in [3.05, 3.63) is 22.4 Å². The first-order chi connectivity index (χ1) is 6.18. The lowest BCUT2D eigenvalue weighted by Gasteiger charge is -1.85. The van der Waals surface area contributed by atoms with E-state index in [-0.39, 0.29) is 0 Å². The fourth-order valence-corrected chi connectivity index (χ4v) is 3.18. The van der Waals surface area contributed by atoms with Crippen LogP contribution in [0.4, 0.5) is 0 Å². The third-order valence-corrected chi connectivity index (χ3v) is 3.81. The van der Waals surface area contributed by atoms with Crippen molar-refractivity contribution in [1.29, 1.82) is 0 Å². The Hall–Kier alpha value is -0.710. The second-order valence-corrected chi connectivity index (χ2v) is 4.74. The molecular weight excluding hydrogens is 228 g/mol. The predicted octanol–water partition coefficient (Wildman–Crippen LogP) is 2.91. The van der Waals surface area contributed by atoms with Crippen LogP contribution < -0.4 is 0 Å². The first-order valence-corrected chi connectivity index (χ1v) is 5.47. The molecule has 0 unspecified atom stereocenters. The summed E-state index contributed by atoms with van der Waals surface area (Å²) in [6.45, 7) is 0. The summed E-state index contributed by atoms with van der Waals surface area (Å²) in [5.74, 6) is -0.616. The zero-order valence-electron chi connectivity index (χ0n) is 6.24. The summed E-state index contributed by atoms with van der Waals surface area (Å²) in [7, 11) is 0. The first-order valence-electron chi connectivity index (χ1n) is 3.39. The molecule has 0 aliphatic carbocycles. The number of ketones is 1. The number of hydrogen-bond donors (Lipinski definition) is 0. The van der Waals surface area contributed by atoms with Gasteiger partial charge in [0, 0.05) is 9.40 Å². The number of rotatable bonds is 2. The molecule has 0 aliphatic heterocycles. The van der Waals surface area contributed by atoms with Crippen LogP contribution in [0.25, 0.3) is 9.40 Å². The van der Waals surface area contributed by atoms with E-state index in [1.165, 1.54) is 11.3 Å². The zero-order valence-corrected chi connectivity index (χ0v) is 8.63. The number of carbonyl (C=O) groups is 2. The largest absolute Gasteiger partial charge is 0.294 e. The molecule has 5 heteroatoms. The van der Waals surface area contributed by atoms with E-state index < -0.39 is 11.0 Å². The molecule has 0 N–H and O–H groups in total. The SMILES string of the molecule is O=C(Cl)C(=O)c1cc2sccc2s1. The highest BCUT2D eigenvalue weighted by Gasteiger charge is 2.16. The molecule has 0 fully saturated rings. The third-order valence-electron chi connectivity index (χ3n) is 1.54. The normalized spacial score (nSPS) is 10.5. The molecule has 0 bridgehead atoms. The first kappa shape index (κ1) is 8.87. The Kier molecular flexibility index (Phi) is 2.19. The molecule has 2 heterocycles. The molecule has 2 aromatic rings. The molecule has 2 rings (SSSR count). The van der Waals surface area contributed by atoms with Crippen LogP contribution in [-0.4, -0.2) is 11.0 Å². The number of carbonyl (C=O) groups excluding carboxylic acids is 2. The molecule has 2 nitrogen and oxygen atoms in total. The van der Waals surface area contributed by atoms with E-state index in [2.05, 4.69) is 0 Å². The van der Waals surface area contributed by atoms with Gasteiger partial charge in [0.15, 0.2) is 0 Å². The molecule has 0 atom stereocenters. The number of halogens is 1. The molecule has 0 amide bonds. The standard InChI is InChI=1S/C8H3ClO2S2/c9-8(11)7(10)6-3-5-4(13-6)1-2-12-5/h1-3H. The second kappa shape index (κ2) is 3.21. The molecule has 0 radical (unpaired) electrons. The Morgan fingerprint density at radius 2 is 2.08 bits per heavy atom. The summed E-state index contributed by atoms with van der Waals surface area (Å²) in [6.07, 6.45) is 0. The highest BCUT2D eigenvalue weighted by molar-refractivity contribution is 7.28. The molecule has 2 aromatic heterocycles. The molecule has 13 heavy (non-hydrogen) atoms. The van der Waals surface area contributed by atoms with Gasteiger partial charge in [-0.05, 0) is 29.1 Å². The molecule has 0 saturated carbocycles. The lowest BCUT2D eigenvalue weighted by molar-refractivity contribution is -0.108. The Bertz CT molecular complexity index is 455. The van der Waals surface area contributed by atoms with Crippen molar-refractivity contribution in [3.63, 3.8) is 0 Å². The summed E-state index contributed by atoms with van der Waals surface area (Å²) < 4.78 is 2.04.